The molecule has 2 N–H and O–H groups in total. The monoisotopic (exact) mass is 349 g/mol. The number of aromatic nitrogens is 3. The van der Waals surface area contributed by atoms with Crippen molar-refractivity contribution < 1.29 is 9.59 Å². The fourth-order valence-electron chi connectivity index (χ4n) is 2.60. The number of nitrogens with one attached hydrogen (secondary N) is 2. The van der Waals surface area contributed by atoms with Crippen molar-refractivity contribution in [1.29, 1.82) is 0 Å². The zero-order valence-corrected chi connectivity index (χ0v) is 14.8. The molecule has 3 aromatic rings. The van der Waals surface area contributed by atoms with Gasteiger partial charge in [0.15, 0.2) is 0 Å². The molecule has 0 aliphatic carbocycles. The van der Waals surface area contributed by atoms with Gasteiger partial charge in [0, 0.05) is 24.5 Å². The van der Waals surface area contributed by atoms with E-state index < -0.39 is 0 Å². The molecule has 1 aromatic carbocycles. The van der Waals surface area contributed by atoms with Gasteiger partial charge in [-0.1, -0.05) is 6.07 Å². The van der Waals surface area contributed by atoms with Crippen molar-refractivity contribution in [2.75, 3.05) is 10.6 Å². The van der Waals surface area contributed by atoms with Crippen LogP contribution < -0.4 is 10.6 Å². The van der Waals surface area contributed by atoms with Crippen LogP contribution in [0.4, 0.5) is 11.4 Å². The van der Waals surface area contributed by atoms with Gasteiger partial charge in [0.1, 0.15) is 5.69 Å². The first-order chi connectivity index (χ1) is 12.4. The number of anilines is 2. The summed E-state index contributed by atoms with van der Waals surface area (Å²) in [6.45, 7) is 3.66. The molecule has 0 bridgehead atoms. The molecule has 132 valence electrons. The zero-order valence-electron chi connectivity index (χ0n) is 14.8. The number of rotatable bonds is 4. The van der Waals surface area contributed by atoms with Crippen LogP contribution in [0.2, 0.25) is 0 Å². The number of carbonyl (C=O) groups is 2. The maximum Gasteiger partial charge on any atom is 0.273 e. The standard InChI is InChI=1S/C19H19N5O2/c1-12-6-7-14(21-19(26)17-9-13(2)23-24(17)3)10-16(12)18(25)22-15-5-4-8-20-11-15/h4-11H,1-3H3,(H,21,26)(H,22,25). The highest BCUT2D eigenvalue weighted by Crippen LogP contribution is 2.18. The summed E-state index contributed by atoms with van der Waals surface area (Å²) in [7, 11) is 1.71. The molecule has 0 atom stereocenters. The molecule has 3 rings (SSSR count). The summed E-state index contributed by atoms with van der Waals surface area (Å²) in [6, 6.07) is 10.4. The van der Waals surface area contributed by atoms with Gasteiger partial charge in [0.05, 0.1) is 17.6 Å². The lowest BCUT2D eigenvalue weighted by molar-refractivity contribution is 0.101. The highest BCUT2D eigenvalue weighted by molar-refractivity contribution is 6.07. The largest absolute Gasteiger partial charge is 0.321 e. The second-order valence-electron chi connectivity index (χ2n) is 5.97. The Bertz CT molecular complexity index is 963. The lowest BCUT2D eigenvalue weighted by Crippen LogP contribution is -2.17. The third kappa shape index (κ3) is 3.77. The molecule has 0 radical (unpaired) electrons. The van der Waals surface area contributed by atoms with E-state index in [-0.39, 0.29) is 11.8 Å². The quantitative estimate of drug-likeness (QED) is 0.758. The highest BCUT2D eigenvalue weighted by Gasteiger charge is 2.15. The first kappa shape index (κ1) is 17.3. The van der Waals surface area contributed by atoms with Crippen LogP contribution in [0.3, 0.4) is 0 Å². The molecule has 0 aliphatic heterocycles. The van der Waals surface area contributed by atoms with Crippen LogP contribution in [0.1, 0.15) is 32.1 Å². The van der Waals surface area contributed by atoms with E-state index in [0.29, 0.717) is 22.6 Å². The Kier molecular flexibility index (Phi) is 4.79. The summed E-state index contributed by atoms with van der Waals surface area (Å²) in [5.41, 5.74) is 3.64. The second kappa shape index (κ2) is 7.18. The molecule has 7 nitrogen and oxygen atoms in total. The van der Waals surface area contributed by atoms with Crippen molar-refractivity contribution in [2.45, 2.75) is 13.8 Å². The van der Waals surface area contributed by atoms with Gasteiger partial charge in [-0.3, -0.25) is 19.3 Å². The number of amides is 2. The molecule has 7 heteroatoms. The van der Waals surface area contributed by atoms with Gasteiger partial charge >= 0.3 is 0 Å². The normalized spacial score (nSPS) is 10.4. The summed E-state index contributed by atoms with van der Waals surface area (Å²) < 4.78 is 1.52. The molecule has 0 spiro atoms. The van der Waals surface area contributed by atoms with Gasteiger partial charge in [-0.15, -0.1) is 0 Å². The molecule has 0 saturated carbocycles. The number of hydrogen-bond acceptors (Lipinski definition) is 4. The van der Waals surface area contributed by atoms with Crippen molar-refractivity contribution in [3.8, 4) is 0 Å². The fraction of sp³-hybridized carbons (Fsp3) is 0.158. The summed E-state index contributed by atoms with van der Waals surface area (Å²) in [5.74, 6) is -0.543. The Hall–Kier alpha value is -3.48. The van der Waals surface area contributed by atoms with Gasteiger partial charge in [-0.05, 0) is 49.7 Å². The Labute approximate surface area is 151 Å². The average Bonchev–Trinajstić information content (AvgIpc) is 2.96. The number of hydrogen-bond donors (Lipinski definition) is 2. The van der Waals surface area contributed by atoms with Crippen LogP contribution in [0, 0.1) is 13.8 Å². The minimum Gasteiger partial charge on any atom is -0.321 e. The predicted molar refractivity (Wildman–Crippen MR) is 99.3 cm³/mol. The summed E-state index contributed by atoms with van der Waals surface area (Å²) in [6.07, 6.45) is 3.21. The average molecular weight is 349 g/mol. The van der Waals surface area contributed by atoms with Crippen LogP contribution >= 0.6 is 0 Å². The third-order valence-electron chi connectivity index (χ3n) is 3.89. The van der Waals surface area contributed by atoms with Crippen LogP contribution in [0.15, 0.2) is 48.8 Å². The highest BCUT2D eigenvalue weighted by atomic mass is 16.2. The number of pyridine rings is 1. The van der Waals surface area contributed by atoms with Gasteiger partial charge in [0.2, 0.25) is 0 Å². The van der Waals surface area contributed by atoms with Gasteiger partial charge < -0.3 is 10.6 Å². The molecule has 0 aliphatic rings. The van der Waals surface area contributed by atoms with E-state index in [0.717, 1.165) is 11.3 Å². The molecular weight excluding hydrogens is 330 g/mol. The number of carbonyl (C=O) groups excluding carboxylic acids is 2. The molecule has 26 heavy (non-hydrogen) atoms. The lowest BCUT2D eigenvalue weighted by Gasteiger charge is -2.11. The van der Waals surface area contributed by atoms with Gasteiger partial charge in [-0.2, -0.15) is 5.10 Å². The molecule has 2 aromatic heterocycles. The Morgan fingerprint density at radius 3 is 2.42 bits per heavy atom. The topological polar surface area (TPSA) is 88.9 Å². The Morgan fingerprint density at radius 2 is 1.77 bits per heavy atom. The smallest absolute Gasteiger partial charge is 0.273 e. The number of aryl methyl sites for hydroxylation is 3. The number of nitrogens with zero attached hydrogens (tertiary/aromatic N) is 3. The van der Waals surface area contributed by atoms with E-state index in [9.17, 15) is 9.59 Å². The molecule has 0 saturated heterocycles. The zero-order chi connectivity index (χ0) is 18.7. The van der Waals surface area contributed by atoms with E-state index >= 15 is 0 Å². The summed E-state index contributed by atoms with van der Waals surface area (Å²) in [4.78, 5) is 28.9. The Morgan fingerprint density at radius 1 is 1.00 bits per heavy atom. The van der Waals surface area contributed by atoms with Crippen molar-refractivity contribution in [2.24, 2.45) is 7.05 Å². The number of benzene rings is 1. The summed E-state index contributed by atoms with van der Waals surface area (Å²) in [5, 5.41) is 9.77. The SMILES string of the molecule is Cc1cc(C(=O)Nc2ccc(C)c(C(=O)Nc3cccnc3)c2)n(C)n1. The van der Waals surface area contributed by atoms with Gasteiger partial charge in [-0.25, -0.2) is 0 Å². The van der Waals surface area contributed by atoms with E-state index in [4.69, 9.17) is 0 Å². The van der Waals surface area contributed by atoms with Crippen molar-refractivity contribution in [3.05, 3.63) is 71.3 Å². The molecule has 0 fully saturated rings. The first-order valence-corrected chi connectivity index (χ1v) is 8.08. The van der Waals surface area contributed by atoms with Crippen molar-refractivity contribution in [3.63, 3.8) is 0 Å². The van der Waals surface area contributed by atoms with Crippen LogP contribution in [0.25, 0.3) is 0 Å². The van der Waals surface area contributed by atoms with Crippen LogP contribution in [-0.2, 0) is 7.05 Å². The van der Waals surface area contributed by atoms with Crippen molar-refractivity contribution in [1.82, 2.24) is 14.8 Å². The molecular formula is C19H19N5O2. The Balaban J connectivity index is 1.80. The minimum absolute atomic E-state index is 0.261. The minimum atomic E-state index is -0.282. The molecule has 0 unspecified atom stereocenters. The van der Waals surface area contributed by atoms with E-state index in [1.54, 1.807) is 55.8 Å². The maximum absolute atomic E-state index is 12.5. The first-order valence-electron chi connectivity index (χ1n) is 8.08. The lowest BCUT2D eigenvalue weighted by atomic mass is 10.1. The van der Waals surface area contributed by atoms with Gasteiger partial charge in [0.25, 0.3) is 11.8 Å². The summed E-state index contributed by atoms with van der Waals surface area (Å²) >= 11 is 0. The van der Waals surface area contributed by atoms with E-state index in [2.05, 4.69) is 20.7 Å². The van der Waals surface area contributed by atoms with Crippen LogP contribution in [0.5, 0.6) is 0 Å². The maximum atomic E-state index is 12.5. The third-order valence-corrected chi connectivity index (χ3v) is 3.89. The van der Waals surface area contributed by atoms with Crippen LogP contribution in [-0.4, -0.2) is 26.6 Å². The van der Waals surface area contributed by atoms with E-state index in [1.807, 2.05) is 13.8 Å². The van der Waals surface area contributed by atoms with Crippen molar-refractivity contribution >= 4 is 23.2 Å². The molecule has 2 amide bonds. The molecule has 2 heterocycles. The van der Waals surface area contributed by atoms with E-state index in [1.165, 1.54) is 4.68 Å². The fourth-order valence-corrected chi connectivity index (χ4v) is 2.60. The predicted octanol–water partition coefficient (Wildman–Crippen LogP) is 2.94. The second-order valence-corrected chi connectivity index (χ2v) is 5.97.